The zero-order valence-electron chi connectivity index (χ0n) is 31.9. The summed E-state index contributed by atoms with van der Waals surface area (Å²) >= 11 is 0. The minimum Gasteiger partial charge on any atom is -0.508 e. The molecule has 0 aliphatic carbocycles. The number of hydrogen-bond donors (Lipinski definition) is 5. The van der Waals surface area contributed by atoms with Gasteiger partial charge < -0.3 is 25.5 Å². The van der Waals surface area contributed by atoms with Gasteiger partial charge in [0, 0.05) is 16.2 Å². The fourth-order valence-corrected chi connectivity index (χ4v) is 7.33. The Balaban J connectivity index is 0.000000197. The zero-order chi connectivity index (χ0) is 39.4. The van der Waals surface area contributed by atoms with Crippen molar-refractivity contribution in [3.8, 4) is 28.7 Å². The van der Waals surface area contributed by atoms with Crippen molar-refractivity contribution in [2.75, 3.05) is 0 Å². The Morgan fingerprint density at radius 2 is 0.418 bits per heavy atom. The van der Waals surface area contributed by atoms with E-state index in [2.05, 4.69) is 83.1 Å². The summed E-state index contributed by atoms with van der Waals surface area (Å²) in [5.41, 5.74) is 9.12. The molecule has 1 unspecified atom stereocenters. The van der Waals surface area contributed by atoms with E-state index in [-0.39, 0.29) is 39.6 Å². The highest BCUT2D eigenvalue weighted by molar-refractivity contribution is 5.54. The van der Waals surface area contributed by atoms with Gasteiger partial charge in [-0.2, -0.15) is 0 Å². The number of phenols is 5. The van der Waals surface area contributed by atoms with Gasteiger partial charge in [0.15, 0.2) is 0 Å². The minimum absolute atomic E-state index is 0.189. The fraction of sp³-hybridized carbons (Fsp3) is 0.160. The third-order valence-corrected chi connectivity index (χ3v) is 11.2. The molecule has 278 valence electrons. The normalized spacial score (nSPS) is 12.6. The Hall–Kier alpha value is -6.46. The summed E-state index contributed by atoms with van der Waals surface area (Å²) in [7, 11) is 0. The summed E-state index contributed by atoms with van der Waals surface area (Å²) in [5.74, 6) is 1.20. The molecule has 0 bridgehead atoms. The molecule has 7 aromatic carbocycles. The molecular weight excluding hydrogens is 681 g/mol. The van der Waals surface area contributed by atoms with E-state index in [4.69, 9.17) is 0 Å². The first kappa shape index (κ1) is 38.3. The second-order valence-corrected chi connectivity index (χ2v) is 15.1. The van der Waals surface area contributed by atoms with Crippen LogP contribution in [0.5, 0.6) is 28.7 Å². The summed E-state index contributed by atoms with van der Waals surface area (Å²) < 4.78 is 0. The lowest BCUT2D eigenvalue weighted by molar-refractivity contribution is 0.473. The van der Waals surface area contributed by atoms with Gasteiger partial charge in [-0.1, -0.05) is 129 Å². The number of aryl methyl sites for hydroxylation is 1. The Bertz CT molecular complexity index is 2150. The minimum atomic E-state index is -0.477. The topological polar surface area (TPSA) is 101 Å². The van der Waals surface area contributed by atoms with Crippen molar-refractivity contribution >= 4 is 0 Å². The molecule has 0 saturated heterocycles. The zero-order valence-corrected chi connectivity index (χ0v) is 31.9. The molecule has 5 N–H and O–H groups in total. The maximum atomic E-state index is 9.84. The summed E-state index contributed by atoms with van der Waals surface area (Å²) in [6.45, 7) is 10.8. The maximum Gasteiger partial charge on any atom is 0.115 e. The van der Waals surface area contributed by atoms with Crippen LogP contribution in [0.3, 0.4) is 0 Å². The second kappa shape index (κ2) is 15.5. The molecule has 0 heterocycles. The van der Waals surface area contributed by atoms with Gasteiger partial charge in [-0.25, -0.2) is 0 Å². The van der Waals surface area contributed by atoms with Gasteiger partial charge in [0.05, 0.1) is 0 Å². The van der Waals surface area contributed by atoms with Gasteiger partial charge in [0.25, 0.3) is 0 Å². The smallest absolute Gasteiger partial charge is 0.115 e. The molecule has 5 heteroatoms. The third kappa shape index (κ3) is 7.92. The number of benzene rings is 7. The van der Waals surface area contributed by atoms with E-state index in [1.54, 1.807) is 60.7 Å². The van der Waals surface area contributed by atoms with Crippen LogP contribution < -0.4 is 0 Å². The van der Waals surface area contributed by atoms with Gasteiger partial charge in [0.2, 0.25) is 0 Å². The van der Waals surface area contributed by atoms with Crippen LogP contribution in [0.1, 0.15) is 77.8 Å². The predicted molar refractivity (Wildman–Crippen MR) is 221 cm³/mol. The van der Waals surface area contributed by atoms with Crippen molar-refractivity contribution in [1.29, 1.82) is 0 Å². The van der Waals surface area contributed by atoms with E-state index in [1.807, 2.05) is 60.7 Å². The van der Waals surface area contributed by atoms with Gasteiger partial charge in [-0.3, -0.25) is 0 Å². The first-order chi connectivity index (χ1) is 26.2. The number of aromatic hydroxyl groups is 5. The summed E-state index contributed by atoms with van der Waals surface area (Å²) in [6, 6.07) is 53.7. The number of phenolic OH excluding ortho intramolecular Hbond substituents is 5. The molecule has 1 atom stereocenters. The highest BCUT2D eigenvalue weighted by Gasteiger charge is 2.33. The lowest BCUT2D eigenvalue weighted by Crippen LogP contribution is -2.26. The van der Waals surface area contributed by atoms with Gasteiger partial charge in [0.1, 0.15) is 28.7 Å². The highest BCUT2D eigenvalue weighted by Crippen LogP contribution is 2.42. The molecule has 5 nitrogen and oxygen atoms in total. The third-order valence-electron chi connectivity index (χ3n) is 11.2. The average molecular weight is 729 g/mol. The lowest BCUT2D eigenvalue weighted by atomic mass is 9.70. The van der Waals surface area contributed by atoms with Crippen LogP contribution in [0, 0.1) is 6.92 Å². The molecule has 0 aliphatic heterocycles. The molecule has 0 amide bonds. The van der Waals surface area contributed by atoms with E-state index >= 15 is 0 Å². The molecule has 0 spiro atoms. The Labute approximate surface area is 324 Å². The average Bonchev–Trinajstić information content (AvgIpc) is 3.19. The highest BCUT2D eigenvalue weighted by atomic mass is 16.3. The molecule has 0 radical (unpaired) electrons. The molecule has 7 aromatic rings. The van der Waals surface area contributed by atoms with Gasteiger partial charge >= 0.3 is 0 Å². The van der Waals surface area contributed by atoms with Crippen LogP contribution in [0.4, 0.5) is 0 Å². The van der Waals surface area contributed by atoms with Crippen LogP contribution in [0.15, 0.2) is 170 Å². The molecule has 0 aliphatic rings. The van der Waals surface area contributed by atoms with Crippen LogP contribution in [0.2, 0.25) is 0 Å². The molecule has 0 aromatic heterocycles. The van der Waals surface area contributed by atoms with Crippen LogP contribution in [-0.4, -0.2) is 25.5 Å². The quantitative estimate of drug-likeness (QED) is 0.100. The number of hydrogen-bond acceptors (Lipinski definition) is 5. The van der Waals surface area contributed by atoms with Crippen LogP contribution in [0.25, 0.3) is 0 Å². The SMILES string of the molecule is CC(c1ccc(O)cc1)(c1ccc(O)cc1)c1ccc(O)cc1.Cc1ccc(C(C)(c2ccc(O)cc2)c2ccc(C(C)(C)c3ccc(O)cc3)cc2)cc1. The van der Waals surface area contributed by atoms with Crippen molar-refractivity contribution in [3.63, 3.8) is 0 Å². The van der Waals surface area contributed by atoms with E-state index in [9.17, 15) is 25.5 Å². The summed E-state index contributed by atoms with van der Waals surface area (Å²) in [5, 5.41) is 48.2. The standard InChI is InChI=1S/C30H30O2.C20H18O3/c1-21-5-7-24(8-6-21)30(4,26-15-19-28(32)20-16-26)25-11-9-22(10-12-25)29(2,3)23-13-17-27(31)18-14-23;1-20(14-2-8-17(21)9-3-14,15-4-10-18(22)11-5-15)16-6-12-19(23)13-7-16/h5-20,31-32H,1-4H3;2-13,21-23H,1H3. The van der Waals surface area contributed by atoms with E-state index in [1.165, 1.54) is 22.3 Å². The van der Waals surface area contributed by atoms with Gasteiger partial charge in [-0.15, -0.1) is 0 Å². The van der Waals surface area contributed by atoms with Crippen molar-refractivity contribution in [2.45, 2.75) is 50.9 Å². The van der Waals surface area contributed by atoms with E-state index < -0.39 is 5.41 Å². The second-order valence-electron chi connectivity index (χ2n) is 15.1. The van der Waals surface area contributed by atoms with E-state index in [0.717, 1.165) is 27.8 Å². The molecule has 7 rings (SSSR count). The largest absolute Gasteiger partial charge is 0.508 e. The Kier molecular flexibility index (Phi) is 10.8. The summed E-state index contributed by atoms with van der Waals surface area (Å²) in [6.07, 6.45) is 0. The fourth-order valence-electron chi connectivity index (χ4n) is 7.33. The molecule has 0 saturated carbocycles. The monoisotopic (exact) mass is 728 g/mol. The van der Waals surface area contributed by atoms with Crippen molar-refractivity contribution in [1.82, 2.24) is 0 Å². The first-order valence-corrected chi connectivity index (χ1v) is 18.4. The van der Waals surface area contributed by atoms with Crippen molar-refractivity contribution in [3.05, 3.63) is 220 Å². The molecule has 55 heavy (non-hydrogen) atoms. The predicted octanol–water partition coefficient (Wildman–Crippen LogP) is 11.2. The maximum absolute atomic E-state index is 9.84. The van der Waals surface area contributed by atoms with E-state index in [0.29, 0.717) is 0 Å². The Morgan fingerprint density at radius 1 is 0.255 bits per heavy atom. The lowest BCUT2D eigenvalue weighted by Gasteiger charge is -2.33. The van der Waals surface area contributed by atoms with Crippen molar-refractivity contribution < 1.29 is 25.5 Å². The molecule has 0 fully saturated rings. The number of rotatable bonds is 8. The Morgan fingerprint density at radius 3 is 0.655 bits per heavy atom. The van der Waals surface area contributed by atoms with Crippen LogP contribution >= 0.6 is 0 Å². The molecular formula is C50H48O5. The summed E-state index contributed by atoms with van der Waals surface area (Å²) in [4.78, 5) is 0. The first-order valence-electron chi connectivity index (χ1n) is 18.4. The van der Waals surface area contributed by atoms with Crippen LogP contribution in [-0.2, 0) is 16.2 Å². The van der Waals surface area contributed by atoms with Gasteiger partial charge in [-0.05, 0) is 126 Å². The van der Waals surface area contributed by atoms with Crippen molar-refractivity contribution in [2.24, 2.45) is 0 Å².